The standard InChI is InChI=1S/C13H16N4O/c1-9-15-13(18-16-9)8-17-6-2-3-10-7-11(14)4-5-12(10)17/h4-5,7H,2-3,6,8,14H2,1H3. The summed E-state index contributed by atoms with van der Waals surface area (Å²) >= 11 is 0. The molecule has 18 heavy (non-hydrogen) atoms. The maximum Gasteiger partial charge on any atom is 0.246 e. The van der Waals surface area contributed by atoms with Crippen LogP contribution < -0.4 is 10.6 Å². The van der Waals surface area contributed by atoms with Gasteiger partial charge in [0.25, 0.3) is 0 Å². The summed E-state index contributed by atoms with van der Waals surface area (Å²) in [4.78, 5) is 6.52. The monoisotopic (exact) mass is 244 g/mol. The molecule has 1 aliphatic heterocycles. The van der Waals surface area contributed by atoms with Gasteiger partial charge in [0.1, 0.15) is 0 Å². The Bertz CT molecular complexity index is 564. The molecular weight excluding hydrogens is 228 g/mol. The average Bonchev–Trinajstić information content (AvgIpc) is 2.75. The molecule has 0 bridgehead atoms. The SMILES string of the molecule is Cc1noc(CN2CCCc3cc(N)ccc32)n1. The molecule has 5 nitrogen and oxygen atoms in total. The van der Waals surface area contributed by atoms with Crippen molar-refractivity contribution in [1.29, 1.82) is 0 Å². The largest absolute Gasteiger partial charge is 0.399 e. The van der Waals surface area contributed by atoms with E-state index in [2.05, 4.69) is 27.2 Å². The van der Waals surface area contributed by atoms with Crippen molar-refractivity contribution < 1.29 is 4.52 Å². The third kappa shape index (κ3) is 2.03. The molecule has 0 radical (unpaired) electrons. The summed E-state index contributed by atoms with van der Waals surface area (Å²) in [5.41, 5.74) is 9.18. The first-order chi connectivity index (χ1) is 8.72. The Morgan fingerprint density at radius 1 is 1.44 bits per heavy atom. The lowest BCUT2D eigenvalue weighted by molar-refractivity contribution is 0.371. The number of anilines is 2. The van der Waals surface area contributed by atoms with Gasteiger partial charge in [-0.1, -0.05) is 5.16 Å². The smallest absolute Gasteiger partial charge is 0.246 e. The minimum Gasteiger partial charge on any atom is -0.399 e. The highest BCUT2D eigenvalue weighted by Crippen LogP contribution is 2.29. The van der Waals surface area contributed by atoms with Crippen LogP contribution in [-0.2, 0) is 13.0 Å². The molecule has 5 heteroatoms. The van der Waals surface area contributed by atoms with Crippen molar-refractivity contribution in [2.24, 2.45) is 0 Å². The van der Waals surface area contributed by atoms with Crippen LogP contribution in [0.5, 0.6) is 0 Å². The van der Waals surface area contributed by atoms with Crippen molar-refractivity contribution >= 4 is 11.4 Å². The number of hydrogen-bond acceptors (Lipinski definition) is 5. The van der Waals surface area contributed by atoms with Crippen LogP contribution in [0.3, 0.4) is 0 Å². The molecule has 2 aromatic rings. The van der Waals surface area contributed by atoms with Gasteiger partial charge in [0.05, 0.1) is 6.54 Å². The van der Waals surface area contributed by atoms with E-state index in [-0.39, 0.29) is 0 Å². The first-order valence-electron chi connectivity index (χ1n) is 6.15. The summed E-state index contributed by atoms with van der Waals surface area (Å²) in [6.45, 7) is 3.51. The van der Waals surface area contributed by atoms with Gasteiger partial charge < -0.3 is 15.2 Å². The van der Waals surface area contributed by atoms with Crippen LogP contribution in [-0.4, -0.2) is 16.7 Å². The van der Waals surface area contributed by atoms with Crippen molar-refractivity contribution in [2.45, 2.75) is 26.3 Å². The molecule has 1 aliphatic rings. The molecule has 1 aromatic carbocycles. The van der Waals surface area contributed by atoms with Gasteiger partial charge in [0.15, 0.2) is 5.82 Å². The lowest BCUT2D eigenvalue weighted by Gasteiger charge is -2.30. The first-order valence-corrected chi connectivity index (χ1v) is 6.15. The Morgan fingerprint density at radius 2 is 2.33 bits per heavy atom. The van der Waals surface area contributed by atoms with Crippen LogP contribution in [0.4, 0.5) is 11.4 Å². The van der Waals surface area contributed by atoms with E-state index in [1.807, 2.05) is 13.0 Å². The number of aryl methyl sites for hydroxylation is 2. The van der Waals surface area contributed by atoms with E-state index in [9.17, 15) is 0 Å². The van der Waals surface area contributed by atoms with E-state index in [0.717, 1.165) is 25.1 Å². The fourth-order valence-electron chi connectivity index (χ4n) is 2.43. The van der Waals surface area contributed by atoms with Gasteiger partial charge in [-0.05, 0) is 43.5 Å². The number of nitrogens with two attached hydrogens (primary N) is 1. The van der Waals surface area contributed by atoms with E-state index < -0.39 is 0 Å². The topological polar surface area (TPSA) is 68.2 Å². The zero-order valence-corrected chi connectivity index (χ0v) is 10.4. The molecule has 1 aromatic heterocycles. The van der Waals surface area contributed by atoms with Crippen LogP contribution in [0.1, 0.15) is 23.7 Å². The van der Waals surface area contributed by atoms with E-state index in [0.29, 0.717) is 18.3 Å². The van der Waals surface area contributed by atoms with Gasteiger partial charge in [-0.25, -0.2) is 0 Å². The average molecular weight is 244 g/mol. The number of nitrogens with zero attached hydrogens (tertiary/aromatic N) is 3. The second kappa shape index (κ2) is 4.33. The minimum absolute atomic E-state index is 0.664. The Labute approximate surface area is 106 Å². The fourth-order valence-corrected chi connectivity index (χ4v) is 2.43. The molecule has 2 N–H and O–H groups in total. The molecule has 0 aliphatic carbocycles. The number of hydrogen-bond donors (Lipinski definition) is 1. The summed E-state index contributed by atoms with van der Waals surface area (Å²) in [5, 5.41) is 3.82. The number of nitrogen functional groups attached to an aromatic ring is 1. The first kappa shape index (κ1) is 11.1. The lowest BCUT2D eigenvalue weighted by atomic mass is 10.0. The number of aromatic nitrogens is 2. The maximum absolute atomic E-state index is 5.82. The van der Waals surface area contributed by atoms with Crippen LogP contribution in [0.15, 0.2) is 22.7 Å². The predicted molar refractivity (Wildman–Crippen MR) is 69.3 cm³/mol. The molecule has 0 saturated heterocycles. The highest BCUT2D eigenvalue weighted by molar-refractivity contribution is 5.60. The molecule has 0 spiro atoms. The normalized spacial score (nSPS) is 14.6. The van der Waals surface area contributed by atoms with Gasteiger partial charge in [0.2, 0.25) is 5.89 Å². The van der Waals surface area contributed by atoms with Crippen LogP contribution >= 0.6 is 0 Å². The number of rotatable bonds is 2. The van der Waals surface area contributed by atoms with Crippen molar-refractivity contribution in [3.8, 4) is 0 Å². The fraction of sp³-hybridized carbons (Fsp3) is 0.385. The molecule has 0 atom stereocenters. The van der Waals surface area contributed by atoms with Gasteiger partial charge in [-0.2, -0.15) is 4.98 Å². The molecular formula is C13H16N4O. The third-order valence-electron chi connectivity index (χ3n) is 3.21. The van der Waals surface area contributed by atoms with Gasteiger partial charge in [-0.15, -0.1) is 0 Å². The summed E-state index contributed by atoms with van der Waals surface area (Å²) in [6.07, 6.45) is 2.21. The highest BCUT2D eigenvalue weighted by Gasteiger charge is 2.19. The second-order valence-corrected chi connectivity index (χ2v) is 4.65. The van der Waals surface area contributed by atoms with E-state index >= 15 is 0 Å². The van der Waals surface area contributed by atoms with Crippen LogP contribution in [0.2, 0.25) is 0 Å². The van der Waals surface area contributed by atoms with Crippen molar-refractivity contribution in [3.05, 3.63) is 35.5 Å². The zero-order chi connectivity index (χ0) is 12.5. The van der Waals surface area contributed by atoms with Gasteiger partial charge in [-0.3, -0.25) is 0 Å². The predicted octanol–water partition coefficient (Wildman–Crippen LogP) is 1.91. The second-order valence-electron chi connectivity index (χ2n) is 4.65. The summed E-state index contributed by atoms with van der Waals surface area (Å²) in [7, 11) is 0. The molecule has 2 heterocycles. The third-order valence-corrected chi connectivity index (χ3v) is 3.21. The zero-order valence-electron chi connectivity index (χ0n) is 10.4. The number of benzene rings is 1. The molecule has 0 saturated carbocycles. The molecule has 0 amide bonds. The quantitative estimate of drug-likeness (QED) is 0.817. The molecule has 0 unspecified atom stereocenters. The van der Waals surface area contributed by atoms with E-state index in [1.54, 1.807) is 0 Å². The Kier molecular flexibility index (Phi) is 2.66. The Hall–Kier alpha value is -2.04. The summed E-state index contributed by atoms with van der Waals surface area (Å²) in [6, 6.07) is 6.07. The van der Waals surface area contributed by atoms with Crippen molar-refractivity contribution in [3.63, 3.8) is 0 Å². The van der Waals surface area contributed by atoms with Crippen molar-refractivity contribution in [1.82, 2.24) is 10.1 Å². The lowest BCUT2D eigenvalue weighted by Crippen LogP contribution is -2.29. The maximum atomic E-state index is 5.82. The summed E-state index contributed by atoms with van der Waals surface area (Å²) < 4.78 is 5.18. The van der Waals surface area contributed by atoms with Crippen LogP contribution in [0.25, 0.3) is 0 Å². The van der Waals surface area contributed by atoms with Crippen LogP contribution in [0, 0.1) is 6.92 Å². The van der Waals surface area contributed by atoms with E-state index in [4.69, 9.17) is 10.3 Å². The van der Waals surface area contributed by atoms with E-state index in [1.165, 1.54) is 11.3 Å². The number of fused-ring (bicyclic) bond motifs is 1. The Balaban J connectivity index is 1.87. The molecule has 94 valence electrons. The Morgan fingerprint density at radius 3 is 3.11 bits per heavy atom. The highest BCUT2D eigenvalue weighted by atomic mass is 16.5. The summed E-state index contributed by atoms with van der Waals surface area (Å²) in [5.74, 6) is 1.34. The minimum atomic E-state index is 0.664. The van der Waals surface area contributed by atoms with Gasteiger partial charge in [0, 0.05) is 17.9 Å². The molecule has 3 rings (SSSR count). The molecule has 0 fully saturated rings. The van der Waals surface area contributed by atoms with Crippen molar-refractivity contribution in [2.75, 3.05) is 17.2 Å². The van der Waals surface area contributed by atoms with Gasteiger partial charge >= 0.3 is 0 Å².